The summed E-state index contributed by atoms with van der Waals surface area (Å²) in [5.74, 6) is 0.480. The molecule has 1 fully saturated rings. The molecule has 1 N–H and O–H groups in total. The SMILES string of the molecule is CCC(NC(=O)C1CCN(S(=O)(=O)c2ccc(OC)cc2)CC1)c1ccc2c(c1)CCCC2. The summed E-state index contributed by atoms with van der Waals surface area (Å²) in [6.07, 6.45) is 6.65. The van der Waals surface area contributed by atoms with Crippen molar-refractivity contribution >= 4 is 15.9 Å². The zero-order valence-electron chi connectivity index (χ0n) is 19.5. The van der Waals surface area contributed by atoms with Crippen LogP contribution in [-0.4, -0.2) is 38.8 Å². The number of nitrogens with zero attached hydrogens (tertiary/aromatic N) is 1. The Hall–Kier alpha value is -2.38. The molecule has 1 saturated heterocycles. The van der Waals surface area contributed by atoms with Gasteiger partial charge in [0.25, 0.3) is 0 Å². The molecule has 1 heterocycles. The minimum Gasteiger partial charge on any atom is -0.497 e. The lowest BCUT2D eigenvalue weighted by Crippen LogP contribution is -2.43. The highest BCUT2D eigenvalue weighted by Crippen LogP contribution is 2.28. The molecule has 0 bridgehead atoms. The Balaban J connectivity index is 1.36. The van der Waals surface area contributed by atoms with Gasteiger partial charge in [0.15, 0.2) is 0 Å². The van der Waals surface area contributed by atoms with Crippen LogP contribution in [-0.2, 0) is 27.7 Å². The number of hydrogen-bond acceptors (Lipinski definition) is 4. The van der Waals surface area contributed by atoms with Gasteiger partial charge in [0.1, 0.15) is 5.75 Å². The van der Waals surface area contributed by atoms with E-state index in [-0.39, 0.29) is 22.8 Å². The lowest BCUT2D eigenvalue weighted by molar-refractivity contribution is -0.126. The van der Waals surface area contributed by atoms with Gasteiger partial charge in [0, 0.05) is 19.0 Å². The normalized spacial score (nSPS) is 18.4. The summed E-state index contributed by atoms with van der Waals surface area (Å²) in [5.41, 5.74) is 4.03. The van der Waals surface area contributed by atoms with Gasteiger partial charge in [0.2, 0.25) is 15.9 Å². The maximum atomic E-state index is 13.0. The fraction of sp³-hybridized carbons (Fsp3) is 0.500. The van der Waals surface area contributed by atoms with E-state index in [9.17, 15) is 13.2 Å². The van der Waals surface area contributed by atoms with E-state index >= 15 is 0 Å². The topological polar surface area (TPSA) is 75.7 Å². The van der Waals surface area contributed by atoms with Crippen molar-refractivity contribution in [3.8, 4) is 5.75 Å². The minimum absolute atomic E-state index is 0.00853. The predicted octanol–water partition coefficient (Wildman–Crippen LogP) is 4.24. The number of methoxy groups -OCH3 is 1. The fourth-order valence-electron chi connectivity index (χ4n) is 4.94. The number of piperidine rings is 1. The summed E-state index contributed by atoms with van der Waals surface area (Å²) in [6.45, 7) is 2.79. The van der Waals surface area contributed by atoms with Gasteiger partial charge in [0.05, 0.1) is 18.0 Å². The molecule has 0 spiro atoms. The monoisotopic (exact) mass is 470 g/mol. The molecule has 1 amide bonds. The van der Waals surface area contributed by atoms with E-state index in [0.29, 0.717) is 31.7 Å². The van der Waals surface area contributed by atoms with Crippen LogP contribution < -0.4 is 10.1 Å². The zero-order chi connectivity index (χ0) is 23.4. The number of hydrogen-bond donors (Lipinski definition) is 1. The Morgan fingerprint density at radius 3 is 2.36 bits per heavy atom. The number of carbonyl (C=O) groups is 1. The van der Waals surface area contributed by atoms with Crippen molar-refractivity contribution in [1.82, 2.24) is 9.62 Å². The lowest BCUT2D eigenvalue weighted by Gasteiger charge is -2.31. The first-order valence-electron chi connectivity index (χ1n) is 12.0. The Bertz CT molecular complexity index is 1070. The molecule has 6 nitrogen and oxygen atoms in total. The van der Waals surface area contributed by atoms with Crippen LogP contribution in [0.2, 0.25) is 0 Å². The van der Waals surface area contributed by atoms with Gasteiger partial charge in [-0.15, -0.1) is 0 Å². The average Bonchev–Trinajstić information content (AvgIpc) is 2.87. The third-order valence-corrected chi connectivity index (χ3v) is 8.93. The van der Waals surface area contributed by atoms with Crippen LogP contribution in [0, 0.1) is 5.92 Å². The summed E-state index contributed by atoms with van der Waals surface area (Å²) in [7, 11) is -2.02. The van der Waals surface area contributed by atoms with E-state index in [1.807, 2.05) is 0 Å². The quantitative estimate of drug-likeness (QED) is 0.657. The first-order chi connectivity index (χ1) is 15.9. The Kier molecular flexibility index (Phi) is 7.39. The summed E-state index contributed by atoms with van der Waals surface area (Å²) in [6, 6.07) is 13.1. The van der Waals surface area contributed by atoms with Gasteiger partial charge in [-0.3, -0.25) is 4.79 Å². The standard InChI is InChI=1S/C26H34N2O4S/c1-3-25(22-9-8-19-6-4-5-7-21(19)18-22)27-26(29)20-14-16-28(17-15-20)33(30,31)24-12-10-23(32-2)11-13-24/h8-13,18,20,25H,3-7,14-17H2,1-2H3,(H,27,29). The number of rotatable bonds is 7. The third kappa shape index (κ3) is 5.25. The number of fused-ring (bicyclic) bond motifs is 1. The zero-order valence-corrected chi connectivity index (χ0v) is 20.4. The molecule has 178 valence electrons. The smallest absolute Gasteiger partial charge is 0.243 e. The van der Waals surface area contributed by atoms with Crippen molar-refractivity contribution in [1.29, 1.82) is 0 Å². The first kappa shape index (κ1) is 23.8. The van der Waals surface area contributed by atoms with Crippen LogP contribution >= 0.6 is 0 Å². The summed E-state index contributed by atoms with van der Waals surface area (Å²) < 4.78 is 32.5. The number of benzene rings is 2. The molecular weight excluding hydrogens is 436 g/mol. The van der Waals surface area contributed by atoms with E-state index in [0.717, 1.165) is 19.3 Å². The molecule has 0 saturated carbocycles. The summed E-state index contributed by atoms with van der Waals surface area (Å²) in [5, 5.41) is 3.24. The molecule has 2 aliphatic rings. The van der Waals surface area contributed by atoms with Crippen LogP contribution in [0.5, 0.6) is 5.75 Å². The lowest BCUT2D eigenvalue weighted by atomic mass is 9.88. The molecular formula is C26H34N2O4S. The molecule has 1 aliphatic carbocycles. The van der Waals surface area contributed by atoms with Crippen molar-refractivity contribution < 1.29 is 17.9 Å². The Morgan fingerprint density at radius 1 is 1.06 bits per heavy atom. The largest absolute Gasteiger partial charge is 0.497 e. The van der Waals surface area contributed by atoms with E-state index in [2.05, 4.69) is 30.4 Å². The van der Waals surface area contributed by atoms with Gasteiger partial charge < -0.3 is 10.1 Å². The van der Waals surface area contributed by atoms with Crippen LogP contribution in [0.1, 0.15) is 61.8 Å². The molecule has 2 aromatic carbocycles. The summed E-state index contributed by atoms with van der Waals surface area (Å²) >= 11 is 0. The maximum Gasteiger partial charge on any atom is 0.243 e. The van der Waals surface area contributed by atoms with Gasteiger partial charge in [-0.1, -0.05) is 25.1 Å². The Labute approximate surface area is 197 Å². The van der Waals surface area contributed by atoms with Gasteiger partial charge in [-0.05, 0) is 85.9 Å². The van der Waals surface area contributed by atoms with Crippen molar-refractivity contribution in [2.24, 2.45) is 5.92 Å². The van der Waals surface area contributed by atoms with Crippen LogP contribution in [0.15, 0.2) is 47.4 Å². The van der Waals surface area contributed by atoms with E-state index in [1.54, 1.807) is 31.4 Å². The number of ether oxygens (including phenoxy) is 1. The maximum absolute atomic E-state index is 13.0. The number of sulfonamides is 1. The molecule has 1 atom stereocenters. The van der Waals surface area contributed by atoms with E-state index in [4.69, 9.17) is 4.74 Å². The first-order valence-corrected chi connectivity index (χ1v) is 13.4. The van der Waals surface area contributed by atoms with Crippen LogP contribution in [0.4, 0.5) is 0 Å². The number of amides is 1. The second-order valence-corrected chi connectivity index (χ2v) is 11.0. The molecule has 4 rings (SSSR count). The second kappa shape index (κ2) is 10.3. The van der Waals surface area contributed by atoms with E-state index in [1.165, 1.54) is 33.8 Å². The molecule has 7 heteroatoms. The molecule has 0 aromatic heterocycles. The highest BCUT2D eigenvalue weighted by molar-refractivity contribution is 7.89. The molecule has 0 radical (unpaired) electrons. The van der Waals surface area contributed by atoms with Crippen LogP contribution in [0.25, 0.3) is 0 Å². The van der Waals surface area contributed by atoms with Gasteiger partial charge in [-0.2, -0.15) is 4.31 Å². The van der Waals surface area contributed by atoms with Crippen molar-refractivity contribution in [3.63, 3.8) is 0 Å². The van der Waals surface area contributed by atoms with Crippen molar-refractivity contribution in [3.05, 3.63) is 59.2 Å². The van der Waals surface area contributed by atoms with Crippen molar-refractivity contribution in [2.45, 2.75) is 62.8 Å². The number of aryl methyl sites for hydroxylation is 2. The van der Waals surface area contributed by atoms with Crippen molar-refractivity contribution in [2.75, 3.05) is 20.2 Å². The van der Waals surface area contributed by atoms with Gasteiger partial charge >= 0.3 is 0 Å². The number of carbonyl (C=O) groups excluding carboxylic acids is 1. The third-order valence-electron chi connectivity index (χ3n) is 7.02. The molecule has 1 aliphatic heterocycles. The predicted molar refractivity (Wildman–Crippen MR) is 129 cm³/mol. The van der Waals surface area contributed by atoms with Gasteiger partial charge in [-0.25, -0.2) is 8.42 Å². The number of nitrogens with one attached hydrogen (secondary N) is 1. The highest BCUT2D eigenvalue weighted by Gasteiger charge is 2.32. The van der Waals surface area contributed by atoms with E-state index < -0.39 is 10.0 Å². The molecule has 1 unspecified atom stereocenters. The fourth-order valence-corrected chi connectivity index (χ4v) is 6.41. The summed E-state index contributed by atoms with van der Waals surface area (Å²) in [4.78, 5) is 13.3. The van der Waals surface area contributed by atoms with Crippen LogP contribution in [0.3, 0.4) is 0 Å². The average molecular weight is 471 g/mol. The molecule has 33 heavy (non-hydrogen) atoms. The molecule has 2 aromatic rings. The second-order valence-electron chi connectivity index (χ2n) is 9.06. The Morgan fingerprint density at radius 2 is 1.73 bits per heavy atom. The highest BCUT2D eigenvalue weighted by atomic mass is 32.2. The minimum atomic E-state index is -3.57.